The molecule has 1 amide bonds. The molecule has 0 saturated heterocycles. The molecular weight excluding hydrogens is 316 g/mol. The van der Waals surface area contributed by atoms with Crippen molar-refractivity contribution in [1.82, 2.24) is 5.32 Å². The zero-order valence-electron chi connectivity index (χ0n) is 15.9. The normalized spacial score (nSPS) is 21.0. The van der Waals surface area contributed by atoms with E-state index < -0.39 is 5.91 Å². The van der Waals surface area contributed by atoms with Gasteiger partial charge >= 0.3 is 0 Å². The fourth-order valence-corrected chi connectivity index (χ4v) is 3.52. The van der Waals surface area contributed by atoms with Crippen LogP contribution in [0, 0.1) is 11.3 Å². The predicted octanol–water partition coefficient (Wildman–Crippen LogP) is 3.25. The summed E-state index contributed by atoms with van der Waals surface area (Å²) in [6.45, 7) is 7.70. The monoisotopic (exact) mass is 348 g/mol. The number of rotatable bonds is 7. The van der Waals surface area contributed by atoms with Gasteiger partial charge in [0, 0.05) is 12.6 Å². The van der Waals surface area contributed by atoms with E-state index in [0.717, 1.165) is 18.0 Å². The summed E-state index contributed by atoms with van der Waals surface area (Å²) in [5.74, 6) is 1.48. The fraction of sp³-hybridized carbons (Fsp3) is 0.650. The average molecular weight is 348 g/mol. The second kappa shape index (κ2) is 8.56. The van der Waals surface area contributed by atoms with Crippen molar-refractivity contribution in [2.24, 2.45) is 17.1 Å². The lowest BCUT2D eigenvalue weighted by Gasteiger charge is -2.37. The SMILES string of the molecule is COc1cc(CNC2CCC(C(C)(C)C)CC2)ccc1OCC(N)=O. The van der Waals surface area contributed by atoms with Crippen molar-refractivity contribution in [3.63, 3.8) is 0 Å². The minimum atomic E-state index is -0.501. The minimum Gasteiger partial charge on any atom is -0.493 e. The van der Waals surface area contributed by atoms with Crippen LogP contribution in [0.2, 0.25) is 0 Å². The second-order valence-electron chi connectivity index (χ2n) is 8.04. The van der Waals surface area contributed by atoms with Gasteiger partial charge < -0.3 is 20.5 Å². The van der Waals surface area contributed by atoms with Crippen LogP contribution in [0.15, 0.2) is 18.2 Å². The fourth-order valence-electron chi connectivity index (χ4n) is 3.52. The van der Waals surface area contributed by atoms with Crippen LogP contribution in [0.1, 0.15) is 52.0 Å². The van der Waals surface area contributed by atoms with Crippen molar-refractivity contribution in [2.75, 3.05) is 13.7 Å². The van der Waals surface area contributed by atoms with Crippen molar-refractivity contribution >= 4 is 5.91 Å². The van der Waals surface area contributed by atoms with Crippen molar-refractivity contribution in [1.29, 1.82) is 0 Å². The summed E-state index contributed by atoms with van der Waals surface area (Å²) >= 11 is 0. The van der Waals surface area contributed by atoms with Gasteiger partial charge in [-0.25, -0.2) is 0 Å². The maximum Gasteiger partial charge on any atom is 0.255 e. The Bertz CT molecular complexity index is 573. The Labute approximate surface area is 151 Å². The van der Waals surface area contributed by atoms with Gasteiger partial charge in [-0.15, -0.1) is 0 Å². The molecule has 0 aliphatic heterocycles. The van der Waals surface area contributed by atoms with E-state index in [1.54, 1.807) is 7.11 Å². The quantitative estimate of drug-likeness (QED) is 0.793. The summed E-state index contributed by atoms with van der Waals surface area (Å²) in [6.07, 6.45) is 5.06. The molecule has 1 aromatic rings. The third-order valence-corrected chi connectivity index (χ3v) is 5.14. The number of amides is 1. The van der Waals surface area contributed by atoms with Gasteiger partial charge in [0.05, 0.1) is 7.11 Å². The number of hydrogen-bond acceptors (Lipinski definition) is 4. The van der Waals surface area contributed by atoms with Gasteiger partial charge in [0.25, 0.3) is 5.91 Å². The molecule has 1 fully saturated rings. The number of nitrogens with one attached hydrogen (secondary N) is 1. The summed E-state index contributed by atoms with van der Waals surface area (Å²) in [6, 6.07) is 6.35. The van der Waals surface area contributed by atoms with E-state index in [0.29, 0.717) is 23.0 Å². The van der Waals surface area contributed by atoms with Gasteiger partial charge in [-0.2, -0.15) is 0 Å². The van der Waals surface area contributed by atoms with Crippen LogP contribution in [-0.4, -0.2) is 25.7 Å². The molecule has 0 bridgehead atoms. The molecule has 140 valence electrons. The maximum atomic E-state index is 10.8. The minimum absolute atomic E-state index is 0.148. The van der Waals surface area contributed by atoms with E-state index >= 15 is 0 Å². The van der Waals surface area contributed by atoms with E-state index in [1.807, 2.05) is 18.2 Å². The number of hydrogen-bond donors (Lipinski definition) is 2. The Hall–Kier alpha value is -1.75. The highest BCUT2D eigenvalue weighted by molar-refractivity contribution is 5.75. The highest BCUT2D eigenvalue weighted by Crippen LogP contribution is 2.37. The number of ether oxygens (including phenoxy) is 2. The molecule has 1 saturated carbocycles. The predicted molar refractivity (Wildman–Crippen MR) is 99.7 cm³/mol. The van der Waals surface area contributed by atoms with E-state index in [9.17, 15) is 4.79 Å². The lowest BCUT2D eigenvalue weighted by atomic mass is 9.71. The molecule has 25 heavy (non-hydrogen) atoms. The number of primary amides is 1. The van der Waals surface area contributed by atoms with E-state index in [-0.39, 0.29) is 6.61 Å². The lowest BCUT2D eigenvalue weighted by Crippen LogP contribution is -2.35. The van der Waals surface area contributed by atoms with Gasteiger partial charge in [0.1, 0.15) is 0 Å². The average Bonchev–Trinajstić information content (AvgIpc) is 2.58. The van der Waals surface area contributed by atoms with Gasteiger partial charge in [-0.05, 0) is 54.7 Å². The van der Waals surface area contributed by atoms with Crippen LogP contribution in [0.25, 0.3) is 0 Å². The van der Waals surface area contributed by atoms with Crippen LogP contribution in [-0.2, 0) is 11.3 Å². The van der Waals surface area contributed by atoms with Crippen molar-refractivity contribution in [2.45, 2.75) is 59.0 Å². The Morgan fingerprint density at radius 2 is 1.88 bits per heavy atom. The number of nitrogens with two attached hydrogens (primary N) is 1. The van der Waals surface area contributed by atoms with E-state index in [1.165, 1.54) is 25.7 Å². The first-order valence-corrected chi connectivity index (χ1v) is 9.11. The van der Waals surface area contributed by atoms with Gasteiger partial charge in [0.15, 0.2) is 18.1 Å². The molecule has 1 aliphatic rings. The van der Waals surface area contributed by atoms with Crippen LogP contribution >= 0.6 is 0 Å². The molecule has 5 heteroatoms. The molecule has 0 unspecified atom stereocenters. The summed E-state index contributed by atoms with van der Waals surface area (Å²) in [7, 11) is 1.59. The third-order valence-electron chi connectivity index (χ3n) is 5.14. The molecule has 0 aromatic heterocycles. The Balaban J connectivity index is 1.86. The van der Waals surface area contributed by atoms with Gasteiger partial charge in [0.2, 0.25) is 0 Å². The third kappa shape index (κ3) is 5.92. The number of carbonyl (C=O) groups is 1. The van der Waals surface area contributed by atoms with Crippen LogP contribution in [0.4, 0.5) is 0 Å². The molecule has 2 rings (SSSR count). The highest BCUT2D eigenvalue weighted by atomic mass is 16.5. The molecular formula is C20H32N2O3. The Kier molecular flexibility index (Phi) is 6.71. The summed E-state index contributed by atoms with van der Waals surface area (Å²) < 4.78 is 10.7. The zero-order chi connectivity index (χ0) is 18.4. The first-order chi connectivity index (χ1) is 11.8. The molecule has 0 radical (unpaired) electrons. The molecule has 0 spiro atoms. The van der Waals surface area contributed by atoms with Crippen LogP contribution < -0.4 is 20.5 Å². The first-order valence-electron chi connectivity index (χ1n) is 9.11. The number of methoxy groups -OCH3 is 1. The van der Waals surface area contributed by atoms with Gasteiger partial charge in [-0.3, -0.25) is 4.79 Å². The topological polar surface area (TPSA) is 73.6 Å². The molecule has 5 nitrogen and oxygen atoms in total. The largest absolute Gasteiger partial charge is 0.493 e. The smallest absolute Gasteiger partial charge is 0.255 e. The summed E-state index contributed by atoms with van der Waals surface area (Å²) in [5.41, 5.74) is 6.67. The van der Waals surface area contributed by atoms with Crippen molar-refractivity contribution in [3.05, 3.63) is 23.8 Å². The van der Waals surface area contributed by atoms with Crippen molar-refractivity contribution in [3.8, 4) is 11.5 Å². The summed E-state index contributed by atoms with van der Waals surface area (Å²) in [5, 5.41) is 3.66. The van der Waals surface area contributed by atoms with Crippen LogP contribution in [0.5, 0.6) is 11.5 Å². The summed E-state index contributed by atoms with van der Waals surface area (Å²) in [4.78, 5) is 10.8. The number of benzene rings is 1. The standard InChI is InChI=1S/C20H32N2O3/c1-20(2,3)15-6-8-16(9-7-15)22-12-14-5-10-17(18(11-14)24-4)25-13-19(21)23/h5,10-11,15-16,22H,6-9,12-13H2,1-4H3,(H2,21,23). The zero-order valence-corrected chi connectivity index (χ0v) is 15.9. The molecule has 0 heterocycles. The second-order valence-corrected chi connectivity index (χ2v) is 8.04. The van der Waals surface area contributed by atoms with Crippen molar-refractivity contribution < 1.29 is 14.3 Å². The van der Waals surface area contributed by atoms with E-state index in [4.69, 9.17) is 15.2 Å². The van der Waals surface area contributed by atoms with E-state index in [2.05, 4.69) is 26.1 Å². The first kappa shape index (κ1) is 19.6. The molecule has 3 N–H and O–H groups in total. The maximum absolute atomic E-state index is 10.8. The van der Waals surface area contributed by atoms with Crippen LogP contribution in [0.3, 0.4) is 0 Å². The highest BCUT2D eigenvalue weighted by Gasteiger charge is 2.29. The lowest BCUT2D eigenvalue weighted by molar-refractivity contribution is -0.119. The molecule has 1 aromatic carbocycles. The van der Waals surface area contributed by atoms with Gasteiger partial charge in [-0.1, -0.05) is 26.8 Å². The molecule has 0 atom stereocenters. The Morgan fingerprint density at radius 3 is 2.44 bits per heavy atom. The Morgan fingerprint density at radius 1 is 1.20 bits per heavy atom. The number of carbonyl (C=O) groups excluding carboxylic acids is 1. The molecule has 1 aliphatic carbocycles.